The normalized spacial score (nSPS) is 10.6. The van der Waals surface area contributed by atoms with Crippen molar-refractivity contribution < 1.29 is 4.79 Å². The van der Waals surface area contributed by atoms with Gasteiger partial charge in [0.05, 0.1) is 5.56 Å². The monoisotopic (exact) mass is 271 g/mol. The van der Waals surface area contributed by atoms with Gasteiger partial charge in [-0.25, -0.2) is 4.68 Å². The maximum Gasteiger partial charge on any atom is 0.290 e. The van der Waals surface area contributed by atoms with E-state index in [1.165, 1.54) is 11.6 Å². The minimum Gasteiger partial charge on any atom is -0.394 e. The van der Waals surface area contributed by atoms with E-state index >= 15 is 0 Å². The highest BCUT2D eigenvalue weighted by Gasteiger charge is 2.19. The number of nitrogen functional groups attached to an aromatic ring is 1. The average molecular weight is 271 g/mol. The third-order valence-corrected chi connectivity index (χ3v) is 3.17. The van der Waals surface area contributed by atoms with E-state index in [1.807, 2.05) is 31.2 Å². The fourth-order valence-corrected chi connectivity index (χ4v) is 2.07. The minimum atomic E-state index is -0.423. The number of Topliss-reactive ketones (excluding diaryl/α,β-unsaturated/α-hetero) is 1. The van der Waals surface area contributed by atoms with Crippen LogP contribution in [0.2, 0.25) is 0 Å². The summed E-state index contributed by atoms with van der Waals surface area (Å²) in [6, 6.07) is 7.60. The molecule has 20 heavy (non-hydrogen) atoms. The van der Waals surface area contributed by atoms with Gasteiger partial charge in [-0.3, -0.25) is 9.59 Å². The van der Waals surface area contributed by atoms with E-state index in [0.717, 1.165) is 11.1 Å². The lowest BCUT2D eigenvalue weighted by Crippen LogP contribution is -2.28. The summed E-state index contributed by atoms with van der Waals surface area (Å²) in [7, 11) is 0. The van der Waals surface area contributed by atoms with Gasteiger partial charge in [-0.05, 0) is 20.8 Å². The molecule has 0 amide bonds. The van der Waals surface area contributed by atoms with Crippen LogP contribution in [0.25, 0.3) is 11.3 Å². The van der Waals surface area contributed by atoms with Gasteiger partial charge in [0.15, 0.2) is 5.78 Å². The molecule has 0 fully saturated rings. The minimum absolute atomic E-state index is 0.0371. The Kier molecular flexibility index (Phi) is 3.70. The summed E-state index contributed by atoms with van der Waals surface area (Å²) < 4.78 is 1.27. The van der Waals surface area contributed by atoms with E-state index in [-0.39, 0.29) is 17.0 Å². The van der Waals surface area contributed by atoms with Gasteiger partial charge >= 0.3 is 0 Å². The molecule has 0 bridgehead atoms. The third kappa shape index (κ3) is 2.34. The number of carbonyl (C=O) groups is 1. The number of anilines is 1. The molecule has 0 atom stereocenters. The number of nitrogens with zero attached hydrogens (tertiary/aromatic N) is 2. The molecule has 2 N–H and O–H groups in total. The van der Waals surface area contributed by atoms with Crippen LogP contribution in [0, 0.1) is 6.92 Å². The highest BCUT2D eigenvalue weighted by Crippen LogP contribution is 2.24. The van der Waals surface area contributed by atoms with Crippen molar-refractivity contribution in [2.24, 2.45) is 0 Å². The smallest absolute Gasteiger partial charge is 0.290 e. The molecule has 5 nitrogen and oxygen atoms in total. The summed E-state index contributed by atoms with van der Waals surface area (Å²) in [6.07, 6.45) is 0. The second kappa shape index (κ2) is 5.28. The Labute approximate surface area is 117 Å². The number of hydrogen-bond donors (Lipinski definition) is 1. The average Bonchev–Trinajstić information content (AvgIpc) is 2.42. The maximum absolute atomic E-state index is 12.0. The van der Waals surface area contributed by atoms with Crippen molar-refractivity contribution >= 4 is 11.5 Å². The fourth-order valence-electron chi connectivity index (χ4n) is 2.07. The Morgan fingerprint density at radius 3 is 2.40 bits per heavy atom. The van der Waals surface area contributed by atoms with Gasteiger partial charge in [-0.15, -0.1) is 0 Å². The molecule has 0 aliphatic carbocycles. The van der Waals surface area contributed by atoms with Crippen molar-refractivity contribution in [2.45, 2.75) is 27.3 Å². The highest BCUT2D eigenvalue weighted by atomic mass is 16.1. The first-order chi connectivity index (χ1) is 9.45. The van der Waals surface area contributed by atoms with Crippen molar-refractivity contribution in [3.05, 3.63) is 45.7 Å². The number of benzene rings is 1. The molecule has 0 saturated carbocycles. The number of aryl methyl sites for hydroxylation is 2. The standard InChI is InChI=1S/C15H17N3O2/c1-4-18-15(20)13(16)12(10(3)19)14(17-18)11-7-5-9(2)6-8-11/h5-8H,4,16H2,1-3H3. The van der Waals surface area contributed by atoms with Crippen LogP contribution < -0.4 is 11.3 Å². The van der Waals surface area contributed by atoms with E-state index in [9.17, 15) is 9.59 Å². The van der Waals surface area contributed by atoms with Crippen molar-refractivity contribution in [1.82, 2.24) is 9.78 Å². The van der Waals surface area contributed by atoms with E-state index < -0.39 is 5.56 Å². The zero-order valence-corrected chi connectivity index (χ0v) is 11.8. The van der Waals surface area contributed by atoms with Crippen LogP contribution in [-0.4, -0.2) is 15.6 Å². The zero-order valence-electron chi connectivity index (χ0n) is 11.8. The Morgan fingerprint density at radius 2 is 1.90 bits per heavy atom. The molecule has 0 spiro atoms. The van der Waals surface area contributed by atoms with Crippen LogP contribution in [0.1, 0.15) is 29.8 Å². The number of aromatic nitrogens is 2. The first-order valence-corrected chi connectivity index (χ1v) is 6.44. The molecular formula is C15H17N3O2. The molecule has 0 radical (unpaired) electrons. The largest absolute Gasteiger partial charge is 0.394 e. The van der Waals surface area contributed by atoms with Gasteiger partial charge in [0, 0.05) is 12.1 Å². The Bertz CT molecular complexity index is 715. The molecule has 0 saturated heterocycles. The summed E-state index contributed by atoms with van der Waals surface area (Å²) in [5.41, 5.74) is 7.91. The van der Waals surface area contributed by atoms with Crippen molar-refractivity contribution in [3.63, 3.8) is 0 Å². The number of carbonyl (C=O) groups excluding carboxylic acids is 1. The Morgan fingerprint density at radius 1 is 1.30 bits per heavy atom. The van der Waals surface area contributed by atoms with Gasteiger partial charge in [0.25, 0.3) is 5.56 Å². The summed E-state index contributed by atoms with van der Waals surface area (Å²) >= 11 is 0. The zero-order chi connectivity index (χ0) is 14.9. The summed E-state index contributed by atoms with van der Waals surface area (Å²) in [5.74, 6) is -0.258. The van der Waals surface area contributed by atoms with Crippen molar-refractivity contribution in [2.75, 3.05) is 5.73 Å². The molecule has 2 rings (SSSR count). The molecular weight excluding hydrogens is 254 g/mol. The van der Waals surface area contributed by atoms with Gasteiger partial charge in [-0.2, -0.15) is 5.10 Å². The van der Waals surface area contributed by atoms with Crippen LogP contribution in [0.4, 0.5) is 5.69 Å². The third-order valence-electron chi connectivity index (χ3n) is 3.17. The highest BCUT2D eigenvalue weighted by molar-refractivity contribution is 6.04. The van der Waals surface area contributed by atoms with Gasteiger partial charge in [-0.1, -0.05) is 29.8 Å². The van der Waals surface area contributed by atoms with Gasteiger partial charge in [0.1, 0.15) is 11.4 Å². The fraction of sp³-hybridized carbons (Fsp3) is 0.267. The lowest BCUT2D eigenvalue weighted by Gasteiger charge is -2.12. The molecule has 104 valence electrons. The molecule has 5 heteroatoms. The van der Waals surface area contributed by atoms with E-state index in [0.29, 0.717) is 12.2 Å². The molecule has 1 aromatic heterocycles. The van der Waals surface area contributed by atoms with Gasteiger partial charge in [0.2, 0.25) is 0 Å². The van der Waals surface area contributed by atoms with Crippen LogP contribution in [0.3, 0.4) is 0 Å². The molecule has 1 aromatic carbocycles. The van der Waals surface area contributed by atoms with Gasteiger partial charge < -0.3 is 5.73 Å². The first-order valence-electron chi connectivity index (χ1n) is 6.44. The molecule has 0 unspecified atom stereocenters. The summed E-state index contributed by atoms with van der Waals surface area (Å²) in [4.78, 5) is 23.8. The molecule has 2 aromatic rings. The van der Waals surface area contributed by atoms with Crippen LogP contribution >= 0.6 is 0 Å². The van der Waals surface area contributed by atoms with Crippen molar-refractivity contribution in [1.29, 1.82) is 0 Å². The first kappa shape index (κ1) is 14.0. The number of nitrogens with two attached hydrogens (primary N) is 1. The molecule has 0 aliphatic heterocycles. The predicted molar refractivity (Wildman–Crippen MR) is 78.8 cm³/mol. The van der Waals surface area contributed by atoms with E-state index in [2.05, 4.69) is 5.10 Å². The quantitative estimate of drug-likeness (QED) is 0.866. The lowest BCUT2D eigenvalue weighted by molar-refractivity contribution is 0.101. The van der Waals surface area contributed by atoms with Crippen LogP contribution in [0.15, 0.2) is 29.1 Å². The number of hydrogen-bond acceptors (Lipinski definition) is 4. The number of ketones is 1. The SMILES string of the molecule is CCn1nc(-c2ccc(C)cc2)c(C(C)=O)c(N)c1=O. The van der Waals surface area contributed by atoms with Crippen LogP contribution in [0.5, 0.6) is 0 Å². The van der Waals surface area contributed by atoms with Crippen LogP contribution in [-0.2, 0) is 6.54 Å². The molecule has 0 aliphatic rings. The lowest BCUT2D eigenvalue weighted by atomic mass is 10.0. The second-order valence-corrected chi connectivity index (χ2v) is 4.68. The van der Waals surface area contributed by atoms with Crippen molar-refractivity contribution in [3.8, 4) is 11.3 Å². The second-order valence-electron chi connectivity index (χ2n) is 4.68. The number of rotatable bonds is 3. The summed E-state index contributed by atoms with van der Waals surface area (Å²) in [6.45, 7) is 5.57. The predicted octanol–water partition coefficient (Wildman–Crippen LogP) is 2.02. The van der Waals surface area contributed by atoms with E-state index in [1.54, 1.807) is 6.92 Å². The Balaban J connectivity index is 2.80. The Hall–Kier alpha value is -2.43. The summed E-state index contributed by atoms with van der Waals surface area (Å²) in [5, 5.41) is 4.28. The maximum atomic E-state index is 12.0. The topological polar surface area (TPSA) is 78.0 Å². The van der Waals surface area contributed by atoms with E-state index in [4.69, 9.17) is 5.73 Å². The molecule has 1 heterocycles.